The van der Waals surface area contributed by atoms with Crippen molar-refractivity contribution in [2.75, 3.05) is 33.9 Å². The van der Waals surface area contributed by atoms with Crippen LogP contribution in [0.1, 0.15) is 33.1 Å². The van der Waals surface area contributed by atoms with Gasteiger partial charge in [-0.2, -0.15) is 4.98 Å². The van der Waals surface area contributed by atoms with Gasteiger partial charge in [-0.25, -0.2) is 19.3 Å². The highest BCUT2D eigenvalue weighted by atomic mass is 19.1. The summed E-state index contributed by atoms with van der Waals surface area (Å²) in [6, 6.07) is 7.11. The minimum atomic E-state index is -0.996. The van der Waals surface area contributed by atoms with Gasteiger partial charge in [0.1, 0.15) is 11.6 Å². The summed E-state index contributed by atoms with van der Waals surface area (Å²) in [6.07, 6.45) is 6.39. The van der Waals surface area contributed by atoms with Crippen LogP contribution in [0.2, 0.25) is 0 Å². The molecule has 0 spiro atoms. The zero-order valence-electron chi connectivity index (χ0n) is 18.9. The molecule has 0 bridgehead atoms. The summed E-state index contributed by atoms with van der Waals surface area (Å²) < 4.78 is 20.1. The van der Waals surface area contributed by atoms with Gasteiger partial charge in [0, 0.05) is 13.1 Å². The van der Waals surface area contributed by atoms with Gasteiger partial charge in [0.25, 0.3) is 5.91 Å². The number of ether oxygens (including phenoxy) is 1. The molecule has 34 heavy (non-hydrogen) atoms. The third-order valence-corrected chi connectivity index (χ3v) is 5.68. The fourth-order valence-electron chi connectivity index (χ4n) is 3.80. The van der Waals surface area contributed by atoms with E-state index in [4.69, 9.17) is 4.74 Å². The Morgan fingerprint density at radius 3 is 2.62 bits per heavy atom. The molecular weight excluding hydrogens is 439 g/mol. The molecule has 176 valence electrons. The number of hydrogen-bond acceptors (Lipinski definition) is 9. The fourth-order valence-corrected chi connectivity index (χ4v) is 3.80. The van der Waals surface area contributed by atoms with Crippen molar-refractivity contribution >= 4 is 40.8 Å². The topological polar surface area (TPSA) is 117 Å². The van der Waals surface area contributed by atoms with Crippen LogP contribution in [-0.4, -0.2) is 44.5 Å². The number of pyridine rings is 2. The molecule has 2 aliphatic heterocycles. The van der Waals surface area contributed by atoms with E-state index in [2.05, 4.69) is 40.8 Å². The van der Waals surface area contributed by atoms with Crippen molar-refractivity contribution in [1.29, 1.82) is 0 Å². The first-order chi connectivity index (χ1) is 16.4. The molecule has 2 aliphatic rings. The Hall–Kier alpha value is -4.02. The standard InChI is InChI=1S/C23H25FN8O2/c1-23(2)21(33)30-20-16(34-23)7-8-17(29-20)28-19-15(24)13-26-22(31-19)27-14-6-9-18(25-12-14)32-10-4-3-5-11-32/h6-9,12-13H,3-5,10-11H2,1-2H3,(H3,26,27,28,29,30,31,33). The normalized spacial score (nSPS) is 16.8. The maximum Gasteiger partial charge on any atom is 0.269 e. The number of halogens is 1. The van der Waals surface area contributed by atoms with Crippen molar-refractivity contribution in [3.8, 4) is 5.75 Å². The summed E-state index contributed by atoms with van der Waals surface area (Å²) in [5, 5.41) is 8.57. The quantitative estimate of drug-likeness (QED) is 0.515. The molecule has 1 amide bonds. The van der Waals surface area contributed by atoms with Crippen LogP contribution in [0.3, 0.4) is 0 Å². The predicted octanol–water partition coefficient (Wildman–Crippen LogP) is 3.99. The predicted molar refractivity (Wildman–Crippen MR) is 126 cm³/mol. The van der Waals surface area contributed by atoms with Crippen LogP contribution in [0.25, 0.3) is 0 Å². The molecule has 3 aromatic rings. The highest BCUT2D eigenvalue weighted by Gasteiger charge is 2.36. The Labute approximate surface area is 196 Å². The van der Waals surface area contributed by atoms with Gasteiger partial charge in [0.05, 0.1) is 18.1 Å². The van der Waals surface area contributed by atoms with E-state index < -0.39 is 11.4 Å². The van der Waals surface area contributed by atoms with Gasteiger partial charge in [0.15, 0.2) is 28.8 Å². The number of hydrogen-bond donors (Lipinski definition) is 3. The van der Waals surface area contributed by atoms with E-state index in [-0.39, 0.29) is 23.5 Å². The van der Waals surface area contributed by atoms with E-state index >= 15 is 0 Å². The lowest BCUT2D eigenvalue weighted by atomic mass is 10.1. The Kier molecular flexibility index (Phi) is 5.60. The number of piperidine rings is 1. The molecule has 3 N–H and O–H groups in total. The van der Waals surface area contributed by atoms with Crippen molar-refractivity contribution < 1.29 is 13.9 Å². The lowest BCUT2D eigenvalue weighted by Crippen LogP contribution is -2.46. The third kappa shape index (κ3) is 4.54. The second kappa shape index (κ2) is 8.73. The van der Waals surface area contributed by atoms with Crippen LogP contribution >= 0.6 is 0 Å². The van der Waals surface area contributed by atoms with E-state index in [1.54, 1.807) is 32.2 Å². The highest BCUT2D eigenvalue weighted by molar-refractivity contribution is 5.99. The Morgan fingerprint density at radius 2 is 1.85 bits per heavy atom. The molecule has 0 aliphatic carbocycles. The number of carbonyl (C=O) groups excluding carboxylic acids is 1. The second-order valence-corrected chi connectivity index (χ2v) is 8.70. The van der Waals surface area contributed by atoms with Crippen molar-refractivity contribution in [3.63, 3.8) is 0 Å². The molecule has 1 saturated heterocycles. The summed E-state index contributed by atoms with van der Waals surface area (Å²) in [6.45, 7) is 5.36. The zero-order chi connectivity index (χ0) is 23.7. The number of fused-ring (bicyclic) bond motifs is 1. The maximum atomic E-state index is 14.4. The van der Waals surface area contributed by atoms with Crippen LogP contribution in [-0.2, 0) is 4.79 Å². The summed E-state index contributed by atoms with van der Waals surface area (Å²) in [4.78, 5) is 31.5. The average Bonchev–Trinajstić information content (AvgIpc) is 2.83. The molecule has 5 heterocycles. The van der Waals surface area contributed by atoms with Gasteiger partial charge in [-0.3, -0.25) is 4.79 Å². The number of aromatic nitrogens is 4. The lowest BCUT2D eigenvalue weighted by Gasteiger charge is -2.30. The molecule has 0 saturated carbocycles. The van der Waals surface area contributed by atoms with Crippen LogP contribution in [0.5, 0.6) is 5.75 Å². The molecule has 0 radical (unpaired) electrons. The third-order valence-electron chi connectivity index (χ3n) is 5.68. The number of nitrogens with zero attached hydrogens (tertiary/aromatic N) is 5. The molecule has 3 aromatic heterocycles. The lowest BCUT2D eigenvalue weighted by molar-refractivity contribution is -0.129. The molecule has 1 fully saturated rings. The van der Waals surface area contributed by atoms with Gasteiger partial charge in [-0.05, 0) is 57.4 Å². The second-order valence-electron chi connectivity index (χ2n) is 8.70. The largest absolute Gasteiger partial charge is 0.474 e. The maximum absolute atomic E-state index is 14.4. The first-order valence-electron chi connectivity index (χ1n) is 11.2. The number of anilines is 6. The van der Waals surface area contributed by atoms with Crippen LogP contribution < -0.4 is 25.6 Å². The Morgan fingerprint density at radius 1 is 1.03 bits per heavy atom. The number of carbonyl (C=O) groups is 1. The van der Waals surface area contributed by atoms with E-state index in [1.807, 2.05) is 12.1 Å². The SMILES string of the molecule is CC1(C)Oc2ccc(Nc3nc(Nc4ccc(N5CCCCC5)nc4)ncc3F)nc2NC1=O. The van der Waals surface area contributed by atoms with Crippen molar-refractivity contribution in [2.45, 2.75) is 38.7 Å². The smallest absolute Gasteiger partial charge is 0.269 e. The van der Waals surface area contributed by atoms with Crippen LogP contribution in [0, 0.1) is 5.82 Å². The van der Waals surface area contributed by atoms with Crippen LogP contribution in [0.15, 0.2) is 36.7 Å². The monoisotopic (exact) mass is 464 g/mol. The summed E-state index contributed by atoms with van der Waals surface area (Å²) in [5.74, 6) is 1.08. The molecule has 11 heteroatoms. The minimum Gasteiger partial charge on any atom is -0.474 e. The highest BCUT2D eigenvalue weighted by Crippen LogP contribution is 2.33. The van der Waals surface area contributed by atoms with Gasteiger partial charge in [-0.15, -0.1) is 0 Å². The van der Waals surface area contributed by atoms with E-state index in [0.29, 0.717) is 17.3 Å². The first-order valence-corrected chi connectivity index (χ1v) is 11.2. The molecule has 5 rings (SSSR count). The number of nitrogens with one attached hydrogen (secondary N) is 3. The summed E-state index contributed by atoms with van der Waals surface area (Å²) >= 11 is 0. The van der Waals surface area contributed by atoms with E-state index in [0.717, 1.165) is 25.1 Å². The molecular formula is C23H25FN8O2. The zero-order valence-corrected chi connectivity index (χ0v) is 18.9. The minimum absolute atomic E-state index is 0.0637. The van der Waals surface area contributed by atoms with E-state index in [9.17, 15) is 9.18 Å². The summed E-state index contributed by atoms with van der Waals surface area (Å²) in [7, 11) is 0. The number of rotatable bonds is 5. The van der Waals surface area contributed by atoms with E-state index in [1.165, 1.54) is 19.3 Å². The van der Waals surface area contributed by atoms with Gasteiger partial charge >= 0.3 is 0 Å². The molecule has 0 atom stereocenters. The van der Waals surface area contributed by atoms with Gasteiger partial charge < -0.3 is 25.6 Å². The molecule has 10 nitrogen and oxygen atoms in total. The van der Waals surface area contributed by atoms with Crippen molar-refractivity contribution in [3.05, 3.63) is 42.5 Å². The molecule has 0 unspecified atom stereocenters. The Balaban J connectivity index is 1.30. The van der Waals surface area contributed by atoms with Crippen molar-refractivity contribution in [2.24, 2.45) is 0 Å². The molecule has 0 aromatic carbocycles. The van der Waals surface area contributed by atoms with Crippen molar-refractivity contribution in [1.82, 2.24) is 19.9 Å². The average molecular weight is 465 g/mol. The fraction of sp³-hybridized carbons (Fsp3) is 0.348. The Bertz CT molecular complexity index is 1210. The first kappa shape index (κ1) is 21.8. The number of amides is 1. The van der Waals surface area contributed by atoms with Gasteiger partial charge in [-0.1, -0.05) is 0 Å². The van der Waals surface area contributed by atoms with Crippen LogP contribution in [0.4, 0.5) is 39.3 Å². The summed E-state index contributed by atoms with van der Waals surface area (Å²) in [5.41, 5.74) is -0.309. The van der Waals surface area contributed by atoms with Gasteiger partial charge in [0.2, 0.25) is 5.95 Å².